The van der Waals surface area contributed by atoms with Gasteiger partial charge >= 0.3 is 0 Å². The first-order valence-electron chi connectivity index (χ1n) is 5.17. The van der Waals surface area contributed by atoms with E-state index in [1.165, 1.54) is 5.56 Å². The molecule has 0 bridgehead atoms. The molecule has 0 aliphatic heterocycles. The molecule has 1 aromatic heterocycles. The number of hydrogen-bond donors (Lipinski definition) is 2. The highest BCUT2D eigenvalue weighted by Gasteiger charge is 2.16. The molecular weight excluding hydrogens is 190 g/mol. The summed E-state index contributed by atoms with van der Waals surface area (Å²) in [7, 11) is 0. The Morgan fingerprint density at radius 3 is 2.80 bits per heavy atom. The van der Waals surface area contributed by atoms with Crippen LogP contribution < -0.4 is 5.48 Å². The van der Waals surface area contributed by atoms with Crippen molar-refractivity contribution in [2.45, 2.75) is 26.3 Å². The fraction of sp³-hybridized carbons (Fsp3) is 0.333. The molecule has 0 fully saturated rings. The second-order valence-corrected chi connectivity index (χ2v) is 3.65. The molecule has 80 valence electrons. The fourth-order valence-corrected chi connectivity index (χ4v) is 1.89. The predicted molar refractivity (Wildman–Crippen MR) is 58.9 cm³/mol. The van der Waals surface area contributed by atoms with E-state index in [-0.39, 0.29) is 6.04 Å². The number of fused-ring (bicyclic) bond motifs is 1. The lowest BCUT2D eigenvalue weighted by atomic mass is 10.1. The average Bonchev–Trinajstić information content (AvgIpc) is 2.66. The van der Waals surface area contributed by atoms with E-state index in [4.69, 9.17) is 9.62 Å². The van der Waals surface area contributed by atoms with Gasteiger partial charge in [0.2, 0.25) is 0 Å². The molecule has 2 aromatic rings. The Hall–Kier alpha value is -1.32. The van der Waals surface area contributed by atoms with Crippen LogP contribution in [0.25, 0.3) is 11.0 Å². The van der Waals surface area contributed by atoms with Crippen LogP contribution >= 0.6 is 0 Å². The Labute approximate surface area is 88.7 Å². The Kier molecular flexibility index (Phi) is 2.75. The molecule has 2 rings (SSSR count). The Morgan fingerprint density at radius 2 is 2.13 bits per heavy atom. The van der Waals surface area contributed by atoms with Crippen LogP contribution in [0.15, 0.2) is 28.7 Å². The van der Waals surface area contributed by atoms with Gasteiger partial charge in [-0.15, -0.1) is 0 Å². The van der Waals surface area contributed by atoms with Crippen LogP contribution in [0.4, 0.5) is 0 Å². The summed E-state index contributed by atoms with van der Waals surface area (Å²) in [4.78, 5) is 0. The Morgan fingerprint density at radius 1 is 1.40 bits per heavy atom. The van der Waals surface area contributed by atoms with E-state index in [1.54, 1.807) is 0 Å². The van der Waals surface area contributed by atoms with Gasteiger partial charge in [0.15, 0.2) is 0 Å². The van der Waals surface area contributed by atoms with E-state index in [0.717, 1.165) is 23.2 Å². The van der Waals surface area contributed by atoms with E-state index in [0.29, 0.717) is 0 Å². The minimum Gasteiger partial charge on any atom is -0.459 e. The maximum Gasteiger partial charge on any atom is 0.134 e. The van der Waals surface area contributed by atoms with Crippen molar-refractivity contribution in [3.05, 3.63) is 35.6 Å². The number of rotatable bonds is 3. The van der Waals surface area contributed by atoms with Crippen LogP contribution in [-0.2, 0) is 6.42 Å². The number of hydroxylamine groups is 1. The lowest BCUT2D eigenvalue weighted by Gasteiger charge is -2.07. The second kappa shape index (κ2) is 4.04. The molecule has 0 radical (unpaired) electrons. The molecule has 15 heavy (non-hydrogen) atoms. The van der Waals surface area contributed by atoms with E-state index in [9.17, 15) is 0 Å². The fourth-order valence-electron chi connectivity index (χ4n) is 1.89. The van der Waals surface area contributed by atoms with Gasteiger partial charge < -0.3 is 9.62 Å². The van der Waals surface area contributed by atoms with Crippen molar-refractivity contribution in [2.24, 2.45) is 0 Å². The van der Waals surface area contributed by atoms with E-state index in [2.05, 4.69) is 12.4 Å². The smallest absolute Gasteiger partial charge is 0.134 e. The standard InChI is InChI=1S/C12H15NO2/c1-3-9-10-6-4-5-7-11(10)15-12(9)8(2)13-14/h4-8,13-14H,3H2,1-2H3. The molecule has 1 heterocycles. The van der Waals surface area contributed by atoms with E-state index < -0.39 is 0 Å². The number of nitrogens with one attached hydrogen (secondary N) is 1. The van der Waals surface area contributed by atoms with Crippen molar-refractivity contribution in [1.29, 1.82) is 0 Å². The molecule has 0 amide bonds. The first kappa shape index (κ1) is 10.2. The molecule has 0 saturated carbocycles. The van der Waals surface area contributed by atoms with Crippen LogP contribution in [0.3, 0.4) is 0 Å². The largest absolute Gasteiger partial charge is 0.459 e. The van der Waals surface area contributed by atoms with Gasteiger partial charge in [0, 0.05) is 10.9 Å². The van der Waals surface area contributed by atoms with E-state index >= 15 is 0 Å². The van der Waals surface area contributed by atoms with Crippen molar-refractivity contribution >= 4 is 11.0 Å². The van der Waals surface area contributed by atoms with E-state index in [1.807, 2.05) is 31.2 Å². The average molecular weight is 205 g/mol. The molecule has 2 N–H and O–H groups in total. The molecule has 3 heteroatoms. The number of furan rings is 1. The monoisotopic (exact) mass is 205 g/mol. The maximum absolute atomic E-state index is 8.92. The molecule has 1 aromatic carbocycles. The zero-order valence-electron chi connectivity index (χ0n) is 8.95. The van der Waals surface area contributed by atoms with Gasteiger partial charge in [-0.05, 0) is 19.4 Å². The maximum atomic E-state index is 8.92. The molecule has 0 aliphatic rings. The summed E-state index contributed by atoms with van der Waals surface area (Å²) in [6, 6.07) is 7.77. The lowest BCUT2D eigenvalue weighted by Crippen LogP contribution is -2.13. The zero-order chi connectivity index (χ0) is 10.8. The summed E-state index contributed by atoms with van der Waals surface area (Å²) < 4.78 is 5.72. The highest BCUT2D eigenvalue weighted by atomic mass is 16.5. The predicted octanol–water partition coefficient (Wildman–Crippen LogP) is 3.04. The van der Waals surface area contributed by atoms with Gasteiger partial charge in [0.1, 0.15) is 11.3 Å². The van der Waals surface area contributed by atoms with Gasteiger partial charge in [-0.1, -0.05) is 25.1 Å². The minimum absolute atomic E-state index is 0.174. The number of aryl methyl sites for hydroxylation is 1. The minimum atomic E-state index is -0.174. The third-order valence-corrected chi connectivity index (χ3v) is 2.67. The summed E-state index contributed by atoms with van der Waals surface area (Å²) in [5.41, 5.74) is 4.27. The number of benzene rings is 1. The molecule has 0 spiro atoms. The van der Waals surface area contributed by atoms with Crippen LogP contribution in [0.2, 0.25) is 0 Å². The molecule has 3 nitrogen and oxygen atoms in total. The van der Waals surface area contributed by atoms with Crippen LogP contribution in [0.5, 0.6) is 0 Å². The summed E-state index contributed by atoms with van der Waals surface area (Å²) in [5.74, 6) is 0.821. The topological polar surface area (TPSA) is 45.4 Å². The Balaban J connectivity index is 2.63. The first-order valence-corrected chi connectivity index (χ1v) is 5.17. The van der Waals surface area contributed by atoms with Crippen LogP contribution in [0.1, 0.15) is 31.2 Å². The molecule has 0 saturated heterocycles. The van der Waals surface area contributed by atoms with Crippen LogP contribution in [0, 0.1) is 0 Å². The van der Waals surface area contributed by atoms with Gasteiger partial charge in [0.05, 0.1) is 6.04 Å². The lowest BCUT2D eigenvalue weighted by molar-refractivity contribution is 0.124. The Bertz CT molecular complexity index is 462. The summed E-state index contributed by atoms with van der Waals surface area (Å²) >= 11 is 0. The van der Waals surface area contributed by atoms with Crippen LogP contribution in [-0.4, -0.2) is 5.21 Å². The summed E-state index contributed by atoms with van der Waals surface area (Å²) in [6.45, 7) is 3.96. The highest BCUT2D eigenvalue weighted by molar-refractivity contribution is 5.82. The number of hydrogen-bond acceptors (Lipinski definition) is 3. The van der Waals surface area contributed by atoms with Gasteiger partial charge in [-0.25, -0.2) is 0 Å². The summed E-state index contributed by atoms with van der Waals surface area (Å²) in [5, 5.41) is 10.1. The van der Waals surface area contributed by atoms with Crippen molar-refractivity contribution in [1.82, 2.24) is 5.48 Å². The van der Waals surface area contributed by atoms with Crippen molar-refractivity contribution in [3.63, 3.8) is 0 Å². The van der Waals surface area contributed by atoms with Crippen molar-refractivity contribution < 1.29 is 9.62 Å². The highest BCUT2D eigenvalue weighted by Crippen LogP contribution is 2.29. The molecule has 1 unspecified atom stereocenters. The first-order chi connectivity index (χ1) is 7.27. The van der Waals surface area contributed by atoms with Crippen molar-refractivity contribution in [2.75, 3.05) is 0 Å². The second-order valence-electron chi connectivity index (χ2n) is 3.65. The molecule has 1 atom stereocenters. The van der Waals surface area contributed by atoms with Gasteiger partial charge in [-0.2, -0.15) is 5.48 Å². The van der Waals surface area contributed by atoms with Crippen molar-refractivity contribution in [3.8, 4) is 0 Å². The van der Waals surface area contributed by atoms with Gasteiger partial charge in [-0.3, -0.25) is 0 Å². The third kappa shape index (κ3) is 1.64. The quantitative estimate of drug-likeness (QED) is 0.757. The SMILES string of the molecule is CCc1c(C(C)NO)oc2ccccc12. The van der Waals surface area contributed by atoms with Gasteiger partial charge in [0.25, 0.3) is 0 Å². The molecular formula is C12H15NO2. The number of para-hydroxylation sites is 1. The normalized spacial score (nSPS) is 13.3. The molecule has 0 aliphatic carbocycles. The zero-order valence-corrected chi connectivity index (χ0v) is 8.95. The third-order valence-electron chi connectivity index (χ3n) is 2.67. The summed E-state index contributed by atoms with van der Waals surface area (Å²) in [6.07, 6.45) is 0.901.